The van der Waals surface area contributed by atoms with Crippen molar-refractivity contribution in [2.24, 2.45) is 5.92 Å². The van der Waals surface area contributed by atoms with Crippen LogP contribution in [0.4, 0.5) is 5.69 Å². The topological polar surface area (TPSA) is 76.3 Å². The molecule has 1 aromatic carbocycles. The number of aryl methyl sites for hydroxylation is 2. The summed E-state index contributed by atoms with van der Waals surface area (Å²) in [5, 5.41) is 8.95. The molecule has 1 amide bonds. The zero-order valence-electron chi connectivity index (χ0n) is 20.6. The van der Waals surface area contributed by atoms with Crippen LogP contribution in [0.1, 0.15) is 35.9 Å². The Hall–Kier alpha value is -3.42. The number of carbonyl (C=O) groups excluding carboxylic acids is 1. The molecule has 0 saturated carbocycles. The summed E-state index contributed by atoms with van der Waals surface area (Å²) in [5.41, 5.74) is 5.14. The van der Waals surface area contributed by atoms with E-state index in [-0.39, 0.29) is 17.4 Å². The normalized spacial score (nSPS) is 15.6. The maximum Gasteiger partial charge on any atom is 0.269 e. The minimum atomic E-state index is -0.133. The molecule has 1 unspecified atom stereocenters. The quantitative estimate of drug-likeness (QED) is 0.514. The van der Waals surface area contributed by atoms with Gasteiger partial charge in [-0.3, -0.25) is 14.3 Å². The van der Waals surface area contributed by atoms with Crippen molar-refractivity contribution in [2.45, 2.75) is 46.7 Å². The number of rotatable bonds is 8. The molecule has 0 spiro atoms. The van der Waals surface area contributed by atoms with E-state index in [0.29, 0.717) is 19.6 Å². The molecule has 0 aliphatic carbocycles. The van der Waals surface area contributed by atoms with Crippen LogP contribution in [-0.4, -0.2) is 57.1 Å². The smallest absolute Gasteiger partial charge is 0.269 e. The van der Waals surface area contributed by atoms with Gasteiger partial charge < -0.3 is 9.80 Å². The van der Waals surface area contributed by atoms with Gasteiger partial charge in [-0.2, -0.15) is 10.2 Å². The number of hydrogen-bond donors (Lipinski definition) is 0. The fraction of sp³-hybridized carbons (Fsp3) is 0.462. The van der Waals surface area contributed by atoms with Gasteiger partial charge in [-0.1, -0.05) is 30.3 Å². The van der Waals surface area contributed by atoms with E-state index in [1.807, 2.05) is 53.9 Å². The van der Waals surface area contributed by atoms with E-state index >= 15 is 0 Å². The molecule has 1 atom stereocenters. The molecule has 34 heavy (non-hydrogen) atoms. The fourth-order valence-corrected chi connectivity index (χ4v) is 4.77. The predicted octanol–water partition coefficient (Wildman–Crippen LogP) is 2.65. The molecule has 0 N–H and O–H groups in total. The second-order valence-corrected chi connectivity index (χ2v) is 9.10. The Bertz CT molecular complexity index is 1200. The lowest BCUT2D eigenvalue weighted by Gasteiger charge is -2.22. The highest BCUT2D eigenvalue weighted by molar-refractivity contribution is 5.80. The molecule has 3 aromatic rings. The molecule has 8 heteroatoms. The Morgan fingerprint density at radius 2 is 1.94 bits per heavy atom. The maximum absolute atomic E-state index is 13.1. The molecule has 3 heterocycles. The van der Waals surface area contributed by atoms with Crippen molar-refractivity contribution >= 4 is 11.6 Å². The van der Waals surface area contributed by atoms with Gasteiger partial charge in [-0.05, 0) is 44.7 Å². The number of amides is 1. The first-order chi connectivity index (χ1) is 16.4. The van der Waals surface area contributed by atoms with Crippen molar-refractivity contribution in [3.63, 3.8) is 0 Å². The number of hydrogen-bond acceptors (Lipinski definition) is 5. The molecular weight excluding hydrogens is 428 g/mol. The monoisotopic (exact) mass is 462 g/mol. The summed E-state index contributed by atoms with van der Waals surface area (Å²) < 4.78 is 3.49. The lowest BCUT2D eigenvalue weighted by molar-refractivity contribution is -0.133. The first-order valence-electron chi connectivity index (χ1n) is 12.0. The summed E-state index contributed by atoms with van der Waals surface area (Å²) in [6.45, 7) is 9.54. The second kappa shape index (κ2) is 10.2. The van der Waals surface area contributed by atoms with E-state index in [4.69, 9.17) is 0 Å². The van der Waals surface area contributed by atoms with E-state index in [1.54, 1.807) is 12.3 Å². The highest BCUT2D eigenvalue weighted by atomic mass is 16.2. The van der Waals surface area contributed by atoms with Crippen molar-refractivity contribution in [2.75, 3.05) is 31.6 Å². The largest absolute Gasteiger partial charge is 0.369 e. The Labute approximate surface area is 200 Å². The molecule has 1 aliphatic heterocycles. The number of aromatic nitrogens is 4. The summed E-state index contributed by atoms with van der Waals surface area (Å²) in [6.07, 6.45) is 3.32. The van der Waals surface area contributed by atoms with Crippen LogP contribution in [0.2, 0.25) is 0 Å². The lowest BCUT2D eigenvalue weighted by atomic mass is 10.1. The SMILES string of the molecule is CCn1nc(C)c(CCN(C)C(=O)C2CCN(c3cnn(Cc4ccccc4)c(=O)c3)C2)c1C. The number of nitrogens with zero attached hydrogens (tertiary/aromatic N) is 6. The van der Waals surface area contributed by atoms with Crippen LogP contribution in [-0.2, 0) is 24.3 Å². The van der Waals surface area contributed by atoms with Crippen LogP contribution >= 0.6 is 0 Å². The minimum absolute atomic E-state index is 0.0719. The number of anilines is 1. The molecule has 180 valence electrons. The van der Waals surface area contributed by atoms with Gasteiger partial charge in [0.1, 0.15) is 0 Å². The molecule has 4 rings (SSSR count). The second-order valence-electron chi connectivity index (χ2n) is 9.10. The third kappa shape index (κ3) is 5.05. The van der Waals surface area contributed by atoms with Crippen molar-refractivity contribution in [1.29, 1.82) is 0 Å². The van der Waals surface area contributed by atoms with Gasteiger partial charge >= 0.3 is 0 Å². The van der Waals surface area contributed by atoms with Crippen LogP contribution < -0.4 is 10.5 Å². The zero-order valence-corrected chi connectivity index (χ0v) is 20.6. The van der Waals surface area contributed by atoms with Crippen molar-refractivity contribution in [1.82, 2.24) is 24.5 Å². The Morgan fingerprint density at radius 1 is 1.18 bits per heavy atom. The summed E-state index contributed by atoms with van der Waals surface area (Å²) in [5.74, 6) is 0.0865. The Morgan fingerprint density at radius 3 is 2.62 bits per heavy atom. The first-order valence-corrected chi connectivity index (χ1v) is 12.0. The average molecular weight is 463 g/mol. The third-order valence-corrected chi connectivity index (χ3v) is 6.84. The van der Waals surface area contributed by atoms with Gasteiger partial charge in [-0.25, -0.2) is 4.68 Å². The van der Waals surface area contributed by atoms with E-state index in [9.17, 15) is 9.59 Å². The highest BCUT2D eigenvalue weighted by Gasteiger charge is 2.31. The highest BCUT2D eigenvalue weighted by Crippen LogP contribution is 2.24. The van der Waals surface area contributed by atoms with Gasteiger partial charge in [0.15, 0.2) is 0 Å². The van der Waals surface area contributed by atoms with E-state index < -0.39 is 0 Å². The predicted molar refractivity (Wildman–Crippen MR) is 133 cm³/mol. The summed E-state index contributed by atoms with van der Waals surface area (Å²) in [4.78, 5) is 29.6. The van der Waals surface area contributed by atoms with Crippen LogP contribution in [0.25, 0.3) is 0 Å². The van der Waals surface area contributed by atoms with Gasteiger partial charge in [0.05, 0.1) is 30.0 Å². The molecule has 0 bridgehead atoms. The molecule has 8 nitrogen and oxygen atoms in total. The number of carbonyl (C=O) groups is 1. The zero-order chi connectivity index (χ0) is 24.2. The van der Waals surface area contributed by atoms with Crippen LogP contribution in [0, 0.1) is 19.8 Å². The average Bonchev–Trinajstić information content (AvgIpc) is 3.43. The van der Waals surface area contributed by atoms with Crippen molar-refractivity contribution in [3.8, 4) is 0 Å². The molecule has 0 radical (unpaired) electrons. The number of benzene rings is 1. The van der Waals surface area contributed by atoms with Crippen LogP contribution in [0.3, 0.4) is 0 Å². The summed E-state index contributed by atoms with van der Waals surface area (Å²) in [7, 11) is 1.88. The van der Waals surface area contributed by atoms with E-state index in [0.717, 1.165) is 42.9 Å². The van der Waals surface area contributed by atoms with Crippen LogP contribution in [0.5, 0.6) is 0 Å². The van der Waals surface area contributed by atoms with E-state index in [2.05, 4.69) is 28.9 Å². The first kappa shape index (κ1) is 23.7. The van der Waals surface area contributed by atoms with Gasteiger partial charge in [0.25, 0.3) is 5.56 Å². The maximum atomic E-state index is 13.1. The third-order valence-electron chi connectivity index (χ3n) is 6.84. The molecule has 1 saturated heterocycles. The van der Waals surface area contributed by atoms with Crippen molar-refractivity contribution < 1.29 is 4.79 Å². The van der Waals surface area contributed by atoms with Crippen LogP contribution in [0.15, 0.2) is 47.4 Å². The molecule has 1 fully saturated rings. The molecule has 1 aliphatic rings. The Balaban J connectivity index is 1.34. The molecular formula is C26H34N6O2. The lowest BCUT2D eigenvalue weighted by Crippen LogP contribution is -2.36. The minimum Gasteiger partial charge on any atom is -0.369 e. The standard InChI is InChI=1S/C26H34N6O2/c1-5-31-20(3)24(19(2)28-31)12-13-29(4)26(34)22-11-14-30(18-22)23-15-25(33)32(27-16-23)17-21-9-7-6-8-10-21/h6-10,15-16,22H,5,11-14,17-18H2,1-4H3. The van der Waals surface area contributed by atoms with E-state index in [1.165, 1.54) is 15.9 Å². The van der Waals surface area contributed by atoms with Gasteiger partial charge in [0.2, 0.25) is 5.91 Å². The number of likely N-dealkylation sites (N-methyl/N-ethyl adjacent to an activating group) is 1. The summed E-state index contributed by atoms with van der Waals surface area (Å²) >= 11 is 0. The molecule has 2 aromatic heterocycles. The van der Waals surface area contributed by atoms with Gasteiger partial charge in [-0.15, -0.1) is 0 Å². The fourth-order valence-electron chi connectivity index (χ4n) is 4.77. The Kier molecular flexibility index (Phi) is 7.14. The van der Waals surface area contributed by atoms with Gasteiger partial charge in [0, 0.05) is 45.0 Å². The summed E-state index contributed by atoms with van der Waals surface area (Å²) in [6, 6.07) is 11.4. The van der Waals surface area contributed by atoms with Crippen molar-refractivity contribution in [3.05, 3.63) is 75.5 Å².